The second kappa shape index (κ2) is 9.94. The lowest BCUT2D eigenvalue weighted by Crippen LogP contribution is -2.52. The average Bonchev–Trinajstić information content (AvgIpc) is 2.61. The van der Waals surface area contributed by atoms with Crippen LogP contribution in [0.5, 0.6) is 0 Å². The molecule has 26 heavy (non-hydrogen) atoms. The second-order valence-corrected chi connectivity index (χ2v) is 6.46. The van der Waals surface area contributed by atoms with E-state index in [9.17, 15) is 9.59 Å². The van der Waals surface area contributed by atoms with Crippen LogP contribution in [0.4, 0.5) is 4.79 Å². The summed E-state index contributed by atoms with van der Waals surface area (Å²) >= 11 is 0. The molecular weight excluding hydrogens is 334 g/mol. The van der Waals surface area contributed by atoms with Crippen molar-refractivity contribution in [2.45, 2.75) is 12.5 Å². The lowest BCUT2D eigenvalue weighted by Gasteiger charge is -2.34. The van der Waals surface area contributed by atoms with Gasteiger partial charge in [0, 0.05) is 26.2 Å². The van der Waals surface area contributed by atoms with Gasteiger partial charge in [0.2, 0.25) is 0 Å². The molecule has 1 aromatic carbocycles. The Hall–Kier alpha value is -2.38. The first-order valence-electron chi connectivity index (χ1n) is 8.74. The molecule has 1 unspecified atom stereocenters. The number of nitrogens with zero attached hydrogens (tertiary/aromatic N) is 2. The number of carboxylic acids is 1. The van der Waals surface area contributed by atoms with Gasteiger partial charge in [-0.3, -0.25) is 9.69 Å². The Labute approximate surface area is 154 Å². The highest BCUT2D eigenvalue weighted by Crippen LogP contribution is 2.08. The fourth-order valence-electron chi connectivity index (χ4n) is 2.90. The number of hydrogen-bond acceptors (Lipinski definition) is 4. The van der Waals surface area contributed by atoms with Crippen molar-refractivity contribution in [2.24, 2.45) is 0 Å². The standard InChI is InChI=1S/C19H27N3O4/c1-3-15-4-6-16(7-5-15)8-9-20-19(25)22-10-11-26-17(13-22)12-21(2)14-18(23)24/h3-7,17H,1,8-14H2,2H3,(H,20,25)(H,23,24). The lowest BCUT2D eigenvalue weighted by molar-refractivity contribution is -0.138. The molecule has 1 heterocycles. The third-order valence-corrected chi connectivity index (χ3v) is 4.25. The Morgan fingerprint density at radius 3 is 2.81 bits per heavy atom. The van der Waals surface area contributed by atoms with E-state index < -0.39 is 5.97 Å². The minimum atomic E-state index is -0.876. The second-order valence-electron chi connectivity index (χ2n) is 6.46. The molecule has 0 bridgehead atoms. The molecule has 1 fully saturated rings. The highest BCUT2D eigenvalue weighted by Gasteiger charge is 2.25. The Balaban J connectivity index is 1.73. The molecule has 2 rings (SSSR count). The molecule has 2 N–H and O–H groups in total. The van der Waals surface area contributed by atoms with E-state index in [0.717, 1.165) is 17.5 Å². The molecule has 0 saturated carbocycles. The summed E-state index contributed by atoms with van der Waals surface area (Å²) in [6.45, 7) is 6.19. The van der Waals surface area contributed by atoms with Gasteiger partial charge < -0.3 is 20.1 Å². The van der Waals surface area contributed by atoms with Crippen molar-refractivity contribution in [3.63, 3.8) is 0 Å². The van der Waals surface area contributed by atoms with Crippen LogP contribution in [0.25, 0.3) is 6.08 Å². The Morgan fingerprint density at radius 1 is 1.42 bits per heavy atom. The summed E-state index contributed by atoms with van der Waals surface area (Å²) in [5.74, 6) is -0.876. The summed E-state index contributed by atoms with van der Waals surface area (Å²) in [5, 5.41) is 11.8. The number of aliphatic carboxylic acids is 1. The number of carboxylic acid groups (broad SMARTS) is 1. The first-order chi connectivity index (χ1) is 12.5. The first-order valence-corrected chi connectivity index (χ1v) is 8.74. The molecule has 0 radical (unpaired) electrons. The first kappa shape index (κ1) is 19.9. The van der Waals surface area contributed by atoms with Crippen LogP contribution in [0.2, 0.25) is 0 Å². The number of amides is 2. The molecular formula is C19H27N3O4. The number of benzene rings is 1. The van der Waals surface area contributed by atoms with Gasteiger partial charge in [0.25, 0.3) is 0 Å². The summed E-state index contributed by atoms with van der Waals surface area (Å²) in [4.78, 5) is 26.5. The number of urea groups is 1. The predicted molar refractivity (Wildman–Crippen MR) is 100 cm³/mol. The maximum Gasteiger partial charge on any atom is 0.317 e. The van der Waals surface area contributed by atoms with Crippen molar-refractivity contribution in [2.75, 3.05) is 46.4 Å². The molecule has 1 aliphatic rings. The normalized spacial score (nSPS) is 17.2. The SMILES string of the molecule is C=Cc1ccc(CCNC(=O)N2CCOC(CN(C)CC(=O)O)C2)cc1. The number of morpholine rings is 1. The van der Waals surface area contributed by atoms with Crippen LogP contribution in [-0.4, -0.2) is 79.4 Å². The van der Waals surface area contributed by atoms with Crippen LogP contribution < -0.4 is 5.32 Å². The maximum absolute atomic E-state index is 12.3. The van der Waals surface area contributed by atoms with Crippen molar-refractivity contribution < 1.29 is 19.4 Å². The van der Waals surface area contributed by atoms with E-state index in [0.29, 0.717) is 32.8 Å². The van der Waals surface area contributed by atoms with Crippen molar-refractivity contribution in [1.82, 2.24) is 15.1 Å². The van der Waals surface area contributed by atoms with E-state index in [2.05, 4.69) is 11.9 Å². The van der Waals surface area contributed by atoms with Gasteiger partial charge >= 0.3 is 12.0 Å². The van der Waals surface area contributed by atoms with Crippen molar-refractivity contribution in [3.05, 3.63) is 42.0 Å². The van der Waals surface area contributed by atoms with Gasteiger partial charge in [-0.05, 0) is 24.6 Å². The Kier molecular flexibility index (Phi) is 7.62. The number of likely N-dealkylation sites (N-methyl/N-ethyl adjacent to an activating group) is 1. The molecule has 0 aliphatic carbocycles. The Morgan fingerprint density at radius 2 is 2.15 bits per heavy atom. The molecule has 1 atom stereocenters. The monoisotopic (exact) mass is 361 g/mol. The largest absolute Gasteiger partial charge is 0.480 e. The molecule has 7 nitrogen and oxygen atoms in total. The quantitative estimate of drug-likeness (QED) is 0.729. The summed E-state index contributed by atoms with van der Waals surface area (Å²) in [6, 6.07) is 7.97. The van der Waals surface area contributed by atoms with Crippen molar-refractivity contribution in [3.8, 4) is 0 Å². The van der Waals surface area contributed by atoms with E-state index in [1.54, 1.807) is 22.9 Å². The summed E-state index contributed by atoms with van der Waals surface area (Å²) in [7, 11) is 1.73. The fraction of sp³-hybridized carbons (Fsp3) is 0.474. The number of carbonyl (C=O) groups excluding carboxylic acids is 1. The minimum absolute atomic E-state index is 0.0449. The van der Waals surface area contributed by atoms with Crippen LogP contribution in [0.15, 0.2) is 30.8 Å². The van der Waals surface area contributed by atoms with Crippen LogP contribution in [0.3, 0.4) is 0 Å². The van der Waals surface area contributed by atoms with Crippen LogP contribution >= 0.6 is 0 Å². The van der Waals surface area contributed by atoms with Gasteiger partial charge in [-0.1, -0.05) is 36.9 Å². The molecule has 142 valence electrons. The number of rotatable bonds is 8. The van der Waals surface area contributed by atoms with Gasteiger partial charge in [0.1, 0.15) is 0 Å². The summed E-state index contributed by atoms with van der Waals surface area (Å²) in [5.41, 5.74) is 2.23. The highest BCUT2D eigenvalue weighted by atomic mass is 16.5. The topological polar surface area (TPSA) is 82.1 Å². The van der Waals surface area contributed by atoms with E-state index in [1.807, 2.05) is 24.3 Å². The van der Waals surface area contributed by atoms with Crippen LogP contribution in [0, 0.1) is 0 Å². The van der Waals surface area contributed by atoms with E-state index >= 15 is 0 Å². The average molecular weight is 361 g/mol. The van der Waals surface area contributed by atoms with Crippen LogP contribution in [0.1, 0.15) is 11.1 Å². The van der Waals surface area contributed by atoms with Crippen molar-refractivity contribution >= 4 is 18.1 Å². The summed E-state index contributed by atoms with van der Waals surface area (Å²) in [6.07, 6.45) is 2.39. The zero-order valence-electron chi connectivity index (χ0n) is 15.2. The van der Waals surface area contributed by atoms with Gasteiger partial charge in [0.05, 0.1) is 19.3 Å². The van der Waals surface area contributed by atoms with E-state index in [4.69, 9.17) is 9.84 Å². The van der Waals surface area contributed by atoms with Crippen molar-refractivity contribution in [1.29, 1.82) is 0 Å². The molecule has 1 aromatic rings. The number of hydrogen-bond donors (Lipinski definition) is 2. The zero-order chi connectivity index (χ0) is 18.9. The van der Waals surface area contributed by atoms with Crippen LogP contribution in [-0.2, 0) is 16.0 Å². The van der Waals surface area contributed by atoms with E-state index in [-0.39, 0.29) is 18.7 Å². The number of carbonyl (C=O) groups is 2. The molecule has 2 amide bonds. The molecule has 7 heteroatoms. The number of ether oxygens (including phenoxy) is 1. The summed E-state index contributed by atoms with van der Waals surface area (Å²) < 4.78 is 5.64. The van der Waals surface area contributed by atoms with Gasteiger partial charge in [0.15, 0.2) is 0 Å². The minimum Gasteiger partial charge on any atom is -0.480 e. The van der Waals surface area contributed by atoms with E-state index in [1.165, 1.54) is 0 Å². The predicted octanol–water partition coefficient (Wildman–Crippen LogP) is 1.30. The molecule has 0 spiro atoms. The van der Waals surface area contributed by atoms with Gasteiger partial charge in [-0.15, -0.1) is 0 Å². The maximum atomic E-state index is 12.3. The lowest BCUT2D eigenvalue weighted by atomic mass is 10.1. The third-order valence-electron chi connectivity index (χ3n) is 4.25. The third kappa shape index (κ3) is 6.50. The molecule has 1 saturated heterocycles. The van der Waals surface area contributed by atoms with Gasteiger partial charge in [-0.25, -0.2) is 4.79 Å². The smallest absolute Gasteiger partial charge is 0.317 e. The zero-order valence-corrected chi connectivity index (χ0v) is 15.2. The highest BCUT2D eigenvalue weighted by molar-refractivity contribution is 5.74. The number of nitrogens with one attached hydrogen (secondary N) is 1. The fourth-order valence-corrected chi connectivity index (χ4v) is 2.90. The molecule has 0 aromatic heterocycles. The van der Waals surface area contributed by atoms with Gasteiger partial charge in [-0.2, -0.15) is 0 Å². The Bertz CT molecular complexity index is 618. The molecule has 1 aliphatic heterocycles.